The summed E-state index contributed by atoms with van der Waals surface area (Å²) in [6.45, 7) is 0.862. The van der Waals surface area contributed by atoms with E-state index in [0.717, 1.165) is 11.1 Å². The minimum Gasteiger partial charge on any atom is -0.365 e. The average Bonchev–Trinajstić information content (AvgIpc) is 3.55. The summed E-state index contributed by atoms with van der Waals surface area (Å²) in [5.74, 6) is -0.393. The highest BCUT2D eigenvalue weighted by molar-refractivity contribution is 5.21. The van der Waals surface area contributed by atoms with Gasteiger partial charge in [-0.2, -0.15) is 9.36 Å². The van der Waals surface area contributed by atoms with Gasteiger partial charge < -0.3 is 25.0 Å². The highest BCUT2D eigenvalue weighted by Crippen LogP contribution is 2.32. The van der Waals surface area contributed by atoms with Crippen LogP contribution in [0, 0.1) is 20.2 Å². The summed E-state index contributed by atoms with van der Waals surface area (Å²) in [6, 6.07) is 22.3. The number of ether oxygens (including phenoxy) is 1. The summed E-state index contributed by atoms with van der Waals surface area (Å²) in [5.41, 5.74) is 1.95. The van der Waals surface area contributed by atoms with E-state index in [-0.39, 0.29) is 23.8 Å². The van der Waals surface area contributed by atoms with Crippen LogP contribution < -0.4 is 0 Å². The van der Waals surface area contributed by atoms with E-state index in [1.807, 2.05) is 60.7 Å². The largest absolute Gasteiger partial charge is 0.389 e. The number of nitrogens with zero attached hydrogens (tertiary/aromatic N) is 6. The molecule has 0 fully saturated rings. The van der Waals surface area contributed by atoms with E-state index in [2.05, 4.69) is 10.2 Å². The molecular weight excluding hydrogens is 452 g/mol. The molecule has 180 valence electrons. The van der Waals surface area contributed by atoms with E-state index in [1.165, 1.54) is 21.5 Å². The van der Waals surface area contributed by atoms with Crippen LogP contribution in [-0.4, -0.2) is 29.4 Å². The van der Waals surface area contributed by atoms with E-state index in [9.17, 15) is 20.2 Å². The Morgan fingerprint density at radius 1 is 0.686 bits per heavy atom. The number of aromatic nitrogens is 4. The van der Waals surface area contributed by atoms with Gasteiger partial charge >= 0.3 is 11.6 Å². The molecule has 0 saturated heterocycles. The molecule has 2 aromatic heterocycles. The van der Waals surface area contributed by atoms with Crippen molar-refractivity contribution in [2.24, 2.45) is 0 Å². The zero-order valence-electron chi connectivity index (χ0n) is 18.8. The lowest BCUT2D eigenvalue weighted by atomic mass is 10.0. The topological polar surface area (TPSA) is 131 Å². The first-order chi connectivity index (χ1) is 17.0. The monoisotopic (exact) mass is 476 g/mol. The van der Waals surface area contributed by atoms with Gasteiger partial charge in [0, 0.05) is 0 Å². The summed E-state index contributed by atoms with van der Waals surface area (Å²) in [6.07, 6.45) is 3.63. The third-order valence-corrected chi connectivity index (χ3v) is 5.54. The standard InChI is InChI=1S/C24H24N6O5/c31-29(32)23-13-17-27(25-23)15-11-21(19-7-3-1-4-8-19)35-22(20-9-5-2-6-10-20)12-16-28-18-14-24(26-28)30(33)34/h1-10,13-14,17-18,21-22H,11-12,15-16H2. The van der Waals surface area contributed by atoms with Gasteiger partial charge in [-0.3, -0.25) is 0 Å². The molecule has 0 radical (unpaired) electrons. The number of hydrogen-bond donors (Lipinski definition) is 0. The maximum Gasteiger partial charge on any atom is 0.389 e. The summed E-state index contributed by atoms with van der Waals surface area (Å²) < 4.78 is 9.70. The molecule has 0 N–H and O–H groups in total. The van der Waals surface area contributed by atoms with Crippen LogP contribution in [-0.2, 0) is 17.8 Å². The van der Waals surface area contributed by atoms with Crippen LogP contribution in [0.1, 0.15) is 36.2 Å². The van der Waals surface area contributed by atoms with E-state index >= 15 is 0 Å². The molecule has 0 aliphatic rings. The molecule has 11 nitrogen and oxygen atoms in total. The molecule has 0 aliphatic heterocycles. The molecule has 2 unspecified atom stereocenters. The van der Waals surface area contributed by atoms with Gasteiger partial charge in [0.25, 0.3) is 0 Å². The highest BCUT2D eigenvalue weighted by atomic mass is 16.6. The Morgan fingerprint density at radius 2 is 1.09 bits per heavy atom. The molecule has 4 aromatic rings. The van der Waals surface area contributed by atoms with Crippen molar-refractivity contribution in [1.29, 1.82) is 0 Å². The maximum absolute atomic E-state index is 11.0. The number of aryl methyl sites for hydroxylation is 2. The van der Waals surface area contributed by atoms with Gasteiger partial charge in [0.1, 0.15) is 0 Å². The van der Waals surface area contributed by atoms with Crippen molar-refractivity contribution in [2.45, 2.75) is 38.1 Å². The molecule has 0 amide bonds. The summed E-state index contributed by atoms with van der Waals surface area (Å²) >= 11 is 0. The number of rotatable bonds is 12. The molecular formula is C24H24N6O5. The normalized spacial score (nSPS) is 12.8. The number of benzene rings is 2. The van der Waals surface area contributed by atoms with E-state index in [0.29, 0.717) is 25.9 Å². The Kier molecular flexibility index (Phi) is 7.58. The lowest BCUT2D eigenvalue weighted by Crippen LogP contribution is -2.15. The van der Waals surface area contributed by atoms with E-state index in [1.54, 1.807) is 12.4 Å². The lowest BCUT2D eigenvalue weighted by Gasteiger charge is -2.25. The van der Waals surface area contributed by atoms with Crippen LogP contribution in [0.3, 0.4) is 0 Å². The molecule has 35 heavy (non-hydrogen) atoms. The molecule has 2 atom stereocenters. The van der Waals surface area contributed by atoms with Crippen molar-refractivity contribution in [2.75, 3.05) is 0 Å². The zero-order chi connectivity index (χ0) is 24.6. The SMILES string of the molecule is O=[N+]([O-])c1ccn(CCC(OC(CCn2ccc([N+](=O)[O-])n2)c2ccccc2)c2ccccc2)n1. The lowest BCUT2D eigenvalue weighted by molar-refractivity contribution is -0.390. The van der Waals surface area contributed by atoms with Crippen molar-refractivity contribution >= 4 is 11.6 Å². The molecule has 0 spiro atoms. The van der Waals surface area contributed by atoms with Crippen LogP contribution >= 0.6 is 0 Å². The van der Waals surface area contributed by atoms with Gasteiger partial charge in [0.15, 0.2) is 0 Å². The van der Waals surface area contributed by atoms with Crippen molar-refractivity contribution < 1.29 is 14.6 Å². The Labute approximate surface area is 200 Å². The predicted molar refractivity (Wildman–Crippen MR) is 126 cm³/mol. The van der Waals surface area contributed by atoms with E-state index in [4.69, 9.17) is 4.74 Å². The van der Waals surface area contributed by atoms with Gasteiger partial charge in [-0.05, 0) is 33.8 Å². The van der Waals surface area contributed by atoms with Gasteiger partial charge in [-0.1, -0.05) is 60.7 Å². The molecule has 11 heteroatoms. The fourth-order valence-corrected chi connectivity index (χ4v) is 3.81. The third kappa shape index (κ3) is 6.36. The van der Waals surface area contributed by atoms with Crippen molar-refractivity contribution in [3.8, 4) is 0 Å². The molecule has 0 aliphatic carbocycles. The number of nitro groups is 2. The first kappa shape index (κ1) is 23.8. The maximum atomic E-state index is 11.0. The Balaban J connectivity index is 1.53. The number of hydrogen-bond acceptors (Lipinski definition) is 7. The van der Waals surface area contributed by atoms with Gasteiger partial charge in [-0.15, -0.1) is 0 Å². The Morgan fingerprint density at radius 3 is 1.43 bits per heavy atom. The highest BCUT2D eigenvalue weighted by Gasteiger charge is 2.22. The first-order valence-electron chi connectivity index (χ1n) is 11.1. The zero-order valence-corrected chi connectivity index (χ0v) is 18.8. The average molecular weight is 476 g/mol. The van der Waals surface area contributed by atoms with Crippen molar-refractivity contribution in [3.05, 3.63) is 117 Å². The summed E-state index contributed by atoms with van der Waals surface area (Å²) in [7, 11) is 0. The van der Waals surface area contributed by atoms with Gasteiger partial charge in [-0.25, -0.2) is 0 Å². The van der Waals surface area contributed by atoms with Crippen LogP contribution in [0.15, 0.2) is 85.2 Å². The molecule has 4 rings (SSSR count). The second kappa shape index (κ2) is 11.2. The fourth-order valence-electron chi connectivity index (χ4n) is 3.81. The minimum absolute atomic E-state index is 0.197. The van der Waals surface area contributed by atoms with Gasteiger partial charge in [0.2, 0.25) is 0 Å². The molecule has 2 heterocycles. The third-order valence-electron chi connectivity index (χ3n) is 5.54. The van der Waals surface area contributed by atoms with Crippen LogP contribution in [0.25, 0.3) is 0 Å². The van der Waals surface area contributed by atoms with Crippen molar-refractivity contribution in [1.82, 2.24) is 19.6 Å². The second-order valence-electron chi connectivity index (χ2n) is 7.90. The first-order valence-corrected chi connectivity index (χ1v) is 11.1. The van der Waals surface area contributed by atoms with Crippen molar-refractivity contribution in [3.63, 3.8) is 0 Å². The fraction of sp³-hybridized carbons (Fsp3) is 0.250. The van der Waals surface area contributed by atoms with E-state index < -0.39 is 9.85 Å². The minimum atomic E-state index is -0.521. The van der Waals surface area contributed by atoms with Gasteiger partial charge in [0.05, 0.1) is 60.0 Å². The predicted octanol–water partition coefficient (Wildman–Crippen LogP) is 4.88. The Bertz CT molecular complexity index is 1160. The van der Waals surface area contributed by atoms with Crippen LogP contribution in [0.5, 0.6) is 0 Å². The molecule has 2 aromatic carbocycles. The molecule has 0 bridgehead atoms. The van der Waals surface area contributed by atoms with Crippen LogP contribution in [0.4, 0.5) is 11.6 Å². The van der Waals surface area contributed by atoms with Crippen LogP contribution in [0.2, 0.25) is 0 Å². The smallest absolute Gasteiger partial charge is 0.365 e. The quantitative estimate of drug-likeness (QED) is 0.210. The molecule has 0 saturated carbocycles. The second-order valence-corrected chi connectivity index (χ2v) is 7.90. The summed E-state index contributed by atoms with van der Waals surface area (Å²) in [5, 5.41) is 29.9. The Hall–Kier alpha value is -4.38. The summed E-state index contributed by atoms with van der Waals surface area (Å²) in [4.78, 5) is 20.9.